The van der Waals surface area contributed by atoms with Crippen molar-refractivity contribution in [2.75, 3.05) is 0 Å². The van der Waals surface area contributed by atoms with Gasteiger partial charge in [-0.3, -0.25) is 0 Å². The molecule has 0 spiro atoms. The first-order valence-corrected chi connectivity index (χ1v) is 8.87. The minimum Gasteiger partial charge on any atom is -0.456 e. The summed E-state index contributed by atoms with van der Waals surface area (Å²) in [5.74, 6) is 0. The SMILES string of the molecule is Cc1ccc(-c2ccc3oc4ccc(-c5ccccc5)cc4c3c2)cc1. The van der Waals surface area contributed by atoms with Crippen LogP contribution in [-0.4, -0.2) is 0 Å². The predicted octanol–water partition coefficient (Wildman–Crippen LogP) is 7.23. The Kier molecular flexibility index (Phi) is 3.39. The van der Waals surface area contributed by atoms with Gasteiger partial charge >= 0.3 is 0 Å². The highest BCUT2D eigenvalue weighted by atomic mass is 16.3. The molecule has 26 heavy (non-hydrogen) atoms. The van der Waals surface area contributed by atoms with Crippen LogP contribution in [0.25, 0.3) is 44.2 Å². The molecule has 0 fully saturated rings. The van der Waals surface area contributed by atoms with Crippen LogP contribution in [0.1, 0.15) is 5.56 Å². The molecular formula is C25H18O. The lowest BCUT2D eigenvalue weighted by molar-refractivity contribution is 0.669. The summed E-state index contributed by atoms with van der Waals surface area (Å²) in [5.41, 5.74) is 8.01. The fraction of sp³-hybridized carbons (Fsp3) is 0.0400. The zero-order valence-corrected chi connectivity index (χ0v) is 14.6. The summed E-state index contributed by atoms with van der Waals surface area (Å²) < 4.78 is 6.05. The van der Waals surface area contributed by atoms with Gasteiger partial charge in [0.25, 0.3) is 0 Å². The van der Waals surface area contributed by atoms with Crippen molar-refractivity contribution in [1.82, 2.24) is 0 Å². The summed E-state index contributed by atoms with van der Waals surface area (Å²) in [6.07, 6.45) is 0. The summed E-state index contributed by atoms with van der Waals surface area (Å²) in [5, 5.41) is 2.33. The van der Waals surface area contributed by atoms with Crippen molar-refractivity contribution in [2.24, 2.45) is 0 Å². The van der Waals surface area contributed by atoms with Crippen molar-refractivity contribution < 1.29 is 4.42 Å². The number of hydrogen-bond donors (Lipinski definition) is 0. The van der Waals surface area contributed by atoms with Crippen LogP contribution >= 0.6 is 0 Å². The Morgan fingerprint density at radius 2 is 1.00 bits per heavy atom. The molecule has 1 nitrogen and oxygen atoms in total. The van der Waals surface area contributed by atoms with E-state index in [2.05, 4.69) is 91.9 Å². The maximum Gasteiger partial charge on any atom is 0.135 e. The van der Waals surface area contributed by atoms with E-state index in [1.54, 1.807) is 0 Å². The van der Waals surface area contributed by atoms with Crippen LogP contribution in [0, 0.1) is 6.92 Å². The van der Waals surface area contributed by atoms with Crippen LogP contribution < -0.4 is 0 Å². The Morgan fingerprint density at radius 1 is 0.500 bits per heavy atom. The van der Waals surface area contributed by atoms with Crippen LogP contribution in [-0.2, 0) is 0 Å². The van der Waals surface area contributed by atoms with E-state index >= 15 is 0 Å². The molecule has 0 bridgehead atoms. The molecule has 124 valence electrons. The minimum absolute atomic E-state index is 0.931. The third-order valence-corrected chi connectivity index (χ3v) is 4.96. The summed E-state index contributed by atoms with van der Waals surface area (Å²) in [7, 11) is 0. The van der Waals surface area contributed by atoms with Gasteiger partial charge in [-0.05, 0) is 53.4 Å². The van der Waals surface area contributed by atoms with Crippen LogP contribution in [0.3, 0.4) is 0 Å². The topological polar surface area (TPSA) is 13.1 Å². The van der Waals surface area contributed by atoms with E-state index in [0.717, 1.165) is 21.9 Å². The number of benzene rings is 4. The molecule has 0 saturated heterocycles. The Labute approximate surface area is 152 Å². The smallest absolute Gasteiger partial charge is 0.135 e. The van der Waals surface area contributed by atoms with Crippen molar-refractivity contribution in [3.63, 3.8) is 0 Å². The van der Waals surface area contributed by atoms with Gasteiger partial charge in [-0.25, -0.2) is 0 Å². The van der Waals surface area contributed by atoms with Gasteiger partial charge in [-0.1, -0.05) is 72.3 Å². The molecule has 0 amide bonds. The second kappa shape index (κ2) is 5.89. The maximum absolute atomic E-state index is 6.05. The number of aryl methyl sites for hydroxylation is 1. The fourth-order valence-corrected chi connectivity index (χ4v) is 3.51. The van der Waals surface area contributed by atoms with Gasteiger partial charge in [0, 0.05) is 10.8 Å². The summed E-state index contributed by atoms with van der Waals surface area (Å²) in [6.45, 7) is 2.11. The first kappa shape index (κ1) is 15.0. The zero-order chi connectivity index (χ0) is 17.5. The van der Waals surface area contributed by atoms with Gasteiger partial charge in [-0.2, -0.15) is 0 Å². The standard InChI is InChI=1S/C25H18O/c1-17-7-9-19(10-8-17)21-12-14-25-23(16-21)22-15-20(11-13-24(22)26-25)18-5-3-2-4-6-18/h2-16H,1H3. The molecule has 0 unspecified atom stereocenters. The van der Waals surface area contributed by atoms with E-state index in [9.17, 15) is 0 Å². The molecule has 0 atom stereocenters. The minimum atomic E-state index is 0.931. The molecule has 4 aromatic carbocycles. The van der Waals surface area contributed by atoms with E-state index in [1.807, 2.05) is 6.07 Å². The number of rotatable bonds is 2. The van der Waals surface area contributed by atoms with Gasteiger partial charge in [-0.15, -0.1) is 0 Å². The molecule has 0 saturated carbocycles. The average Bonchev–Trinajstić information content (AvgIpc) is 3.06. The summed E-state index contributed by atoms with van der Waals surface area (Å²) in [4.78, 5) is 0. The van der Waals surface area contributed by atoms with E-state index in [4.69, 9.17) is 4.42 Å². The van der Waals surface area contributed by atoms with Gasteiger partial charge in [0.1, 0.15) is 11.2 Å². The molecule has 5 aromatic rings. The lowest BCUT2D eigenvalue weighted by atomic mass is 10.00. The predicted molar refractivity (Wildman–Crippen MR) is 109 cm³/mol. The fourth-order valence-electron chi connectivity index (χ4n) is 3.51. The second-order valence-electron chi connectivity index (χ2n) is 6.76. The Hall–Kier alpha value is -3.32. The third-order valence-electron chi connectivity index (χ3n) is 4.96. The van der Waals surface area contributed by atoms with Crippen molar-refractivity contribution in [3.05, 3.63) is 96.6 Å². The third kappa shape index (κ3) is 2.49. The lowest BCUT2D eigenvalue weighted by Crippen LogP contribution is -1.79. The van der Waals surface area contributed by atoms with Crippen LogP contribution in [0.5, 0.6) is 0 Å². The zero-order valence-electron chi connectivity index (χ0n) is 14.6. The van der Waals surface area contributed by atoms with E-state index < -0.39 is 0 Å². The van der Waals surface area contributed by atoms with Crippen molar-refractivity contribution in [3.8, 4) is 22.3 Å². The highest BCUT2D eigenvalue weighted by molar-refractivity contribution is 6.07. The normalized spacial score (nSPS) is 11.3. The monoisotopic (exact) mass is 334 g/mol. The summed E-state index contributed by atoms with van der Waals surface area (Å²) >= 11 is 0. The van der Waals surface area contributed by atoms with Crippen molar-refractivity contribution in [2.45, 2.75) is 6.92 Å². The van der Waals surface area contributed by atoms with Gasteiger partial charge in [0.05, 0.1) is 0 Å². The van der Waals surface area contributed by atoms with E-state index in [-0.39, 0.29) is 0 Å². The number of hydrogen-bond acceptors (Lipinski definition) is 1. The first-order valence-electron chi connectivity index (χ1n) is 8.87. The quantitative estimate of drug-likeness (QED) is 0.332. The molecule has 1 heterocycles. The Balaban J connectivity index is 1.71. The molecule has 0 aliphatic heterocycles. The van der Waals surface area contributed by atoms with Crippen LogP contribution in [0.4, 0.5) is 0 Å². The molecule has 0 aliphatic carbocycles. The summed E-state index contributed by atoms with van der Waals surface area (Å²) in [6, 6.07) is 32.0. The number of fused-ring (bicyclic) bond motifs is 3. The highest BCUT2D eigenvalue weighted by Gasteiger charge is 2.10. The first-order chi connectivity index (χ1) is 12.8. The largest absolute Gasteiger partial charge is 0.456 e. The maximum atomic E-state index is 6.05. The molecule has 0 aliphatic rings. The number of furan rings is 1. The van der Waals surface area contributed by atoms with Crippen LogP contribution in [0.15, 0.2) is 95.4 Å². The molecule has 5 rings (SSSR count). The van der Waals surface area contributed by atoms with E-state index in [1.165, 1.54) is 27.8 Å². The van der Waals surface area contributed by atoms with E-state index in [0.29, 0.717) is 0 Å². The second-order valence-corrected chi connectivity index (χ2v) is 6.76. The molecule has 0 radical (unpaired) electrons. The average molecular weight is 334 g/mol. The molecule has 1 aromatic heterocycles. The molecule has 1 heteroatoms. The van der Waals surface area contributed by atoms with Gasteiger partial charge in [0.15, 0.2) is 0 Å². The Bertz CT molecular complexity index is 1210. The van der Waals surface area contributed by atoms with Gasteiger partial charge < -0.3 is 4.42 Å². The Morgan fingerprint density at radius 3 is 1.58 bits per heavy atom. The lowest BCUT2D eigenvalue weighted by Gasteiger charge is -2.03. The highest BCUT2D eigenvalue weighted by Crippen LogP contribution is 2.34. The van der Waals surface area contributed by atoms with Crippen molar-refractivity contribution in [1.29, 1.82) is 0 Å². The molecular weight excluding hydrogens is 316 g/mol. The van der Waals surface area contributed by atoms with Crippen molar-refractivity contribution >= 4 is 21.9 Å². The van der Waals surface area contributed by atoms with Gasteiger partial charge in [0.2, 0.25) is 0 Å². The van der Waals surface area contributed by atoms with Crippen LogP contribution in [0.2, 0.25) is 0 Å². The molecule has 0 N–H and O–H groups in total.